The van der Waals surface area contributed by atoms with Crippen molar-refractivity contribution in [2.45, 2.75) is 32.8 Å². The zero-order valence-corrected chi connectivity index (χ0v) is 11.7. The van der Waals surface area contributed by atoms with E-state index in [4.69, 9.17) is 4.74 Å². The maximum absolute atomic E-state index is 13.1. The van der Waals surface area contributed by atoms with Crippen LogP contribution >= 0.6 is 0 Å². The number of carbonyl (C=O) groups is 1. The molecule has 1 saturated heterocycles. The van der Waals surface area contributed by atoms with Crippen LogP contribution < -0.4 is 4.74 Å². The summed E-state index contributed by atoms with van der Waals surface area (Å²) in [6, 6.07) is 3.53. The minimum absolute atomic E-state index is 0.00124. The summed E-state index contributed by atoms with van der Waals surface area (Å²) in [6.07, 6.45) is 1.35. The number of hydrogen-bond acceptors (Lipinski definition) is 2. The van der Waals surface area contributed by atoms with E-state index in [1.807, 2.05) is 18.7 Å². The third kappa shape index (κ3) is 3.46. The zero-order chi connectivity index (χ0) is 14.7. The second kappa shape index (κ2) is 6.20. The quantitative estimate of drug-likeness (QED) is 0.853. The van der Waals surface area contributed by atoms with E-state index in [2.05, 4.69) is 0 Å². The third-order valence-electron chi connectivity index (χ3n) is 3.44. The molecule has 1 aliphatic heterocycles. The number of benzene rings is 1. The van der Waals surface area contributed by atoms with Crippen LogP contribution in [0.5, 0.6) is 5.75 Å². The maximum atomic E-state index is 13.1. The number of rotatable bonds is 3. The Kier molecular flexibility index (Phi) is 4.57. The molecule has 0 atom stereocenters. The molecule has 3 nitrogen and oxygen atoms in total. The number of ether oxygens (including phenoxy) is 1. The molecule has 0 saturated carbocycles. The Labute approximate surface area is 117 Å². The van der Waals surface area contributed by atoms with Gasteiger partial charge in [0.1, 0.15) is 11.9 Å². The van der Waals surface area contributed by atoms with E-state index in [0.717, 1.165) is 12.1 Å². The van der Waals surface area contributed by atoms with Crippen LogP contribution in [0.25, 0.3) is 0 Å². The van der Waals surface area contributed by atoms with Crippen molar-refractivity contribution < 1.29 is 18.3 Å². The summed E-state index contributed by atoms with van der Waals surface area (Å²) in [5, 5.41) is 0. The van der Waals surface area contributed by atoms with Crippen LogP contribution in [0.2, 0.25) is 0 Å². The lowest BCUT2D eigenvalue weighted by atomic mass is 10.1. The summed E-state index contributed by atoms with van der Waals surface area (Å²) in [5.41, 5.74) is 0. The Morgan fingerprint density at radius 2 is 1.90 bits per heavy atom. The predicted octanol–water partition coefficient (Wildman–Crippen LogP) is 2.99. The highest BCUT2D eigenvalue weighted by molar-refractivity contribution is 5.78. The summed E-state index contributed by atoms with van der Waals surface area (Å²) in [6.45, 7) is 5.05. The van der Waals surface area contributed by atoms with Gasteiger partial charge in [-0.1, -0.05) is 13.8 Å². The van der Waals surface area contributed by atoms with Crippen molar-refractivity contribution in [3.8, 4) is 5.75 Å². The molecule has 1 heterocycles. The van der Waals surface area contributed by atoms with Crippen LogP contribution in [-0.4, -0.2) is 30.0 Å². The fraction of sp³-hybridized carbons (Fsp3) is 0.533. The van der Waals surface area contributed by atoms with Gasteiger partial charge in [0.05, 0.1) is 0 Å². The Balaban J connectivity index is 1.88. The second-order valence-electron chi connectivity index (χ2n) is 5.37. The van der Waals surface area contributed by atoms with Crippen LogP contribution in [0.1, 0.15) is 26.7 Å². The highest BCUT2D eigenvalue weighted by Gasteiger charge is 2.25. The Morgan fingerprint density at radius 3 is 2.45 bits per heavy atom. The number of carbonyl (C=O) groups excluding carboxylic acids is 1. The van der Waals surface area contributed by atoms with E-state index in [-0.39, 0.29) is 17.9 Å². The fourth-order valence-electron chi connectivity index (χ4n) is 2.30. The van der Waals surface area contributed by atoms with Crippen LogP contribution in [0, 0.1) is 17.6 Å². The molecule has 1 aliphatic rings. The molecule has 2 rings (SSSR count). The molecule has 0 aromatic heterocycles. The molecule has 110 valence electrons. The van der Waals surface area contributed by atoms with E-state index in [1.54, 1.807) is 0 Å². The molecule has 0 unspecified atom stereocenters. The van der Waals surface area contributed by atoms with E-state index in [0.29, 0.717) is 31.7 Å². The van der Waals surface area contributed by atoms with Gasteiger partial charge in [-0.05, 0) is 12.1 Å². The van der Waals surface area contributed by atoms with Crippen molar-refractivity contribution in [2.75, 3.05) is 13.1 Å². The monoisotopic (exact) mass is 283 g/mol. The van der Waals surface area contributed by atoms with E-state index >= 15 is 0 Å². The molecule has 1 amide bonds. The predicted molar refractivity (Wildman–Crippen MR) is 71.4 cm³/mol. The number of piperidine rings is 1. The molecular weight excluding hydrogens is 264 g/mol. The highest BCUT2D eigenvalue weighted by Crippen LogP contribution is 2.21. The van der Waals surface area contributed by atoms with Gasteiger partial charge >= 0.3 is 0 Å². The lowest BCUT2D eigenvalue weighted by Gasteiger charge is -2.33. The van der Waals surface area contributed by atoms with E-state index < -0.39 is 11.6 Å². The maximum Gasteiger partial charge on any atom is 0.225 e. The number of hydrogen-bond donors (Lipinski definition) is 0. The molecule has 0 N–H and O–H groups in total. The van der Waals surface area contributed by atoms with Crippen molar-refractivity contribution in [3.05, 3.63) is 29.8 Å². The van der Waals surface area contributed by atoms with Gasteiger partial charge in [-0.2, -0.15) is 0 Å². The standard InChI is InChI=1S/C15H19F2NO2/c1-10(2)15(19)18-7-5-11(6-8-18)20-12-3-4-13(16)14(17)9-12/h3-4,9-11H,5-8H2,1-2H3. The average molecular weight is 283 g/mol. The van der Waals surface area contributed by atoms with Gasteiger partial charge < -0.3 is 9.64 Å². The first kappa shape index (κ1) is 14.8. The lowest BCUT2D eigenvalue weighted by Crippen LogP contribution is -2.43. The Bertz CT molecular complexity index is 483. The first-order chi connectivity index (χ1) is 9.47. The SMILES string of the molecule is CC(C)C(=O)N1CCC(Oc2ccc(F)c(F)c2)CC1. The van der Waals surface area contributed by atoms with Gasteiger partial charge in [-0.25, -0.2) is 8.78 Å². The minimum atomic E-state index is -0.907. The molecule has 20 heavy (non-hydrogen) atoms. The lowest BCUT2D eigenvalue weighted by molar-refractivity contribution is -0.136. The minimum Gasteiger partial charge on any atom is -0.490 e. The molecule has 1 aromatic rings. The van der Waals surface area contributed by atoms with Gasteiger partial charge in [0.15, 0.2) is 11.6 Å². The van der Waals surface area contributed by atoms with Gasteiger partial charge in [0, 0.05) is 37.9 Å². The number of amides is 1. The molecule has 5 heteroatoms. The summed E-state index contributed by atoms with van der Waals surface area (Å²) in [7, 11) is 0. The fourth-order valence-corrected chi connectivity index (χ4v) is 2.30. The average Bonchev–Trinajstić information content (AvgIpc) is 2.43. The molecule has 1 fully saturated rings. The Hall–Kier alpha value is -1.65. The smallest absolute Gasteiger partial charge is 0.225 e. The molecule has 0 bridgehead atoms. The first-order valence-electron chi connectivity index (χ1n) is 6.88. The largest absolute Gasteiger partial charge is 0.490 e. The number of nitrogens with zero attached hydrogens (tertiary/aromatic N) is 1. The second-order valence-corrected chi connectivity index (χ2v) is 5.37. The van der Waals surface area contributed by atoms with Gasteiger partial charge in [0.25, 0.3) is 0 Å². The summed E-state index contributed by atoms with van der Waals surface area (Å²) >= 11 is 0. The van der Waals surface area contributed by atoms with E-state index in [9.17, 15) is 13.6 Å². The zero-order valence-electron chi connectivity index (χ0n) is 11.7. The van der Waals surface area contributed by atoms with Gasteiger partial charge in [-0.15, -0.1) is 0 Å². The molecule has 1 aromatic carbocycles. The normalized spacial score (nSPS) is 16.6. The van der Waals surface area contributed by atoms with Gasteiger partial charge in [0.2, 0.25) is 5.91 Å². The van der Waals surface area contributed by atoms with Gasteiger partial charge in [-0.3, -0.25) is 4.79 Å². The van der Waals surface area contributed by atoms with Crippen molar-refractivity contribution in [2.24, 2.45) is 5.92 Å². The number of halogens is 2. The topological polar surface area (TPSA) is 29.5 Å². The van der Waals surface area contributed by atoms with Crippen molar-refractivity contribution in [1.29, 1.82) is 0 Å². The number of likely N-dealkylation sites (tertiary alicyclic amines) is 1. The van der Waals surface area contributed by atoms with E-state index in [1.165, 1.54) is 6.07 Å². The van der Waals surface area contributed by atoms with Crippen molar-refractivity contribution in [1.82, 2.24) is 4.90 Å². The molecule has 0 spiro atoms. The Morgan fingerprint density at radius 1 is 1.25 bits per heavy atom. The molecular formula is C15H19F2NO2. The van der Waals surface area contributed by atoms with Crippen LogP contribution in [0.3, 0.4) is 0 Å². The highest BCUT2D eigenvalue weighted by atomic mass is 19.2. The summed E-state index contributed by atoms with van der Waals surface area (Å²) < 4.78 is 31.5. The van der Waals surface area contributed by atoms with Crippen molar-refractivity contribution >= 4 is 5.91 Å². The molecule has 0 aliphatic carbocycles. The molecule has 0 radical (unpaired) electrons. The van der Waals surface area contributed by atoms with Crippen LogP contribution in [0.4, 0.5) is 8.78 Å². The third-order valence-corrected chi connectivity index (χ3v) is 3.44. The summed E-state index contributed by atoms with van der Waals surface area (Å²) in [4.78, 5) is 13.7. The van der Waals surface area contributed by atoms with Crippen molar-refractivity contribution in [3.63, 3.8) is 0 Å². The van der Waals surface area contributed by atoms with Crippen LogP contribution in [0.15, 0.2) is 18.2 Å². The van der Waals surface area contributed by atoms with Crippen LogP contribution in [-0.2, 0) is 4.79 Å². The summed E-state index contributed by atoms with van der Waals surface area (Å²) in [5.74, 6) is -1.31. The first-order valence-corrected chi connectivity index (χ1v) is 6.88.